The molecule has 11 heavy (non-hydrogen) atoms. The first-order chi connectivity index (χ1) is 5.31. The largest absolute Gasteiger partial charge is 0.396 e. The third kappa shape index (κ3) is 7.56. The number of rotatable bonds is 7. The molecule has 0 radical (unpaired) electrons. The second-order valence-corrected chi connectivity index (χ2v) is 2.83. The van der Waals surface area contributed by atoms with Crippen LogP contribution in [0.15, 0.2) is 12.7 Å². The Kier molecular flexibility index (Phi) is 7.52. The van der Waals surface area contributed by atoms with E-state index in [-0.39, 0.29) is 6.04 Å². The number of aliphatic hydroxyl groups is 1. The fraction of sp³-hybridized carbons (Fsp3) is 0.778. The highest BCUT2D eigenvalue weighted by molar-refractivity contribution is 4.81. The normalized spacial score (nSPS) is 12.9. The van der Waals surface area contributed by atoms with Gasteiger partial charge in [-0.15, -0.1) is 6.58 Å². The molecule has 0 aromatic heterocycles. The van der Waals surface area contributed by atoms with Crippen molar-refractivity contribution in [1.82, 2.24) is 0 Å². The third-order valence-electron chi connectivity index (χ3n) is 1.75. The summed E-state index contributed by atoms with van der Waals surface area (Å²) in [5, 5.41) is 8.48. The summed E-state index contributed by atoms with van der Waals surface area (Å²) in [5.41, 5.74) is 5.62. The van der Waals surface area contributed by atoms with Crippen LogP contribution < -0.4 is 5.73 Å². The lowest BCUT2D eigenvalue weighted by Gasteiger charge is -2.04. The number of hydrogen-bond donors (Lipinski definition) is 2. The molecule has 0 rings (SSSR count). The van der Waals surface area contributed by atoms with E-state index < -0.39 is 0 Å². The van der Waals surface area contributed by atoms with Crippen LogP contribution >= 0.6 is 0 Å². The Balaban J connectivity index is 2.95. The summed E-state index contributed by atoms with van der Waals surface area (Å²) in [4.78, 5) is 0. The predicted octanol–water partition coefficient (Wildman–Crippen LogP) is 1.44. The van der Waals surface area contributed by atoms with E-state index in [0.717, 1.165) is 25.7 Å². The van der Waals surface area contributed by atoms with Crippen LogP contribution in [0.3, 0.4) is 0 Å². The maximum Gasteiger partial charge on any atom is 0.0431 e. The molecule has 1 atom stereocenters. The molecule has 0 aliphatic carbocycles. The van der Waals surface area contributed by atoms with Gasteiger partial charge in [0.25, 0.3) is 0 Å². The molecule has 0 spiro atoms. The summed E-state index contributed by atoms with van der Waals surface area (Å²) in [6.45, 7) is 3.92. The van der Waals surface area contributed by atoms with Gasteiger partial charge >= 0.3 is 0 Å². The Morgan fingerprint density at radius 1 is 1.27 bits per heavy atom. The molecule has 0 aliphatic heterocycles. The first-order valence-corrected chi connectivity index (χ1v) is 4.30. The topological polar surface area (TPSA) is 46.2 Å². The molecule has 0 aromatic carbocycles. The second-order valence-electron chi connectivity index (χ2n) is 2.83. The fourth-order valence-electron chi connectivity index (χ4n) is 0.963. The first-order valence-electron chi connectivity index (χ1n) is 4.30. The van der Waals surface area contributed by atoms with Gasteiger partial charge in [-0.3, -0.25) is 0 Å². The van der Waals surface area contributed by atoms with Gasteiger partial charge in [-0.05, 0) is 12.8 Å². The fourth-order valence-corrected chi connectivity index (χ4v) is 0.963. The van der Waals surface area contributed by atoms with Crippen molar-refractivity contribution < 1.29 is 5.11 Å². The molecule has 66 valence electrons. The van der Waals surface area contributed by atoms with E-state index in [1.165, 1.54) is 6.42 Å². The SMILES string of the molecule is C=C[C@@H](N)CCCCCCO. The van der Waals surface area contributed by atoms with E-state index >= 15 is 0 Å². The van der Waals surface area contributed by atoms with E-state index in [1.54, 1.807) is 6.08 Å². The molecule has 0 amide bonds. The van der Waals surface area contributed by atoms with E-state index in [4.69, 9.17) is 10.8 Å². The van der Waals surface area contributed by atoms with E-state index in [0.29, 0.717) is 6.61 Å². The van der Waals surface area contributed by atoms with Gasteiger partial charge < -0.3 is 10.8 Å². The minimum Gasteiger partial charge on any atom is -0.396 e. The van der Waals surface area contributed by atoms with Gasteiger partial charge in [0, 0.05) is 12.6 Å². The van der Waals surface area contributed by atoms with Gasteiger partial charge in [-0.2, -0.15) is 0 Å². The Morgan fingerprint density at radius 3 is 2.45 bits per heavy atom. The van der Waals surface area contributed by atoms with E-state index in [9.17, 15) is 0 Å². The summed E-state index contributed by atoms with van der Waals surface area (Å²) in [5.74, 6) is 0. The lowest BCUT2D eigenvalue weighted by atomic mass is 10.1. The molecule has 0 saturated carbocycles. The molecule has 2 heteroatoms. The smallest absolute Gasteiger partial charge is 0.0431 e. The quantitative estimate of drug-likeness (QED) is 0.434. The molecule has 3 N–H and O–H groups in total. The predicted molar refractivity (Wildman–Crippen MR) is 48.3 cm³/mol. The third-order valence-corrected chi connectivity index (χ3v) is 1.75. The van der Waals surface area contributed by atoms with Crippen molar-refractivity contribution in [2.75, 3.05) is 6.61 Å². The molecular weight excluding hydrogens is 138 g/mol. The van der Waals surface area contributed by atoms with Crippen LogP contribution in [-0.4, -0.2) is 17.8 Å². The Labute approximate surface area is 69.1 Å². The summed E-state index contributed by atoms with van der Waals surface area (Å²) in [6, 6.07) is 0.157. The Hall–Kier alpha value is -0.340. The van der Waals surface area contributed by atoms with Crippen LogP contribution in [0.2, 0.25) is 0 Å². The molecule has 0 heterocycles. The monoisotopic (exact) mass is 157 g/mol. The first kappa shape index (κ1) is 10.7. The van der Waals surface area contributed by atoms with Gasteiger partial charge in [0.15, 0.2) is 0 Å². The summed E-state index contributed by atoms with van der Waals surface area (Å²) in [7, 11) is 0. The second kappa shape index (κ2) is 7.76. The number of aliphatic hydroxyl groups excluding tert-OH is 1. The Bertz CT molecular complexity index is 93.6. The van der Waals surface area contributed by atoms with Gasteiger partial charge in [-0.25, -0.2) is 0 Å². The van der Waals surface area contributed by atoms with Crippen molar-refractivity contribution in [2.45, 2.75) is 38.1 Å². The van der Waals surface area contributed by atoms with Crippen LogP contribution in [-0.2, 0) is 0 Å². The minimum atomic E-state index is 0.157. The van der Waals surface area contributed by atoms with Gasteiger partial charge in [-0.1, -0.05) is 25.3 Å². The highest BCUT2D eigenvalue weighted by Crippen LogP contribution is 2.04. The minimum absolute atomic E-state index is 0.157. The average molecular weight is 157 g/mol. The molecular formula is C9H19NO. The highest BCUT2D eigenvalue weighted by atomic mass is 16.2. The molecule has 0 saturated heterocycles. The van der Waals surface area contributed by atoms with Crippen LogP contribution in [0.1, 0.15) is 32.1 Å². The van der Waals surface area contributed by atoms with Crippen LogP contribution in [0.25, 0.3) is 0 Å². The number of nitrogens with two attached hydrogens (primary N) is 1. The van der Waals surface area contributed by atoms with Crippen molar-refractivity contribution in [3.8, 4) is 0 Å². The van der Waals surface area contributed by atoms with Crippen molar-refractivity contribution in [3.63, 3.8) is 0 Å². The number of hydrogen-bond acceptors (Lipinski definition) is 2. The zero-order valence-corrected chi connectivity index (χ0v) is 7.13. The zero-order valence-electron chi connectivity index (χ0n) is 7.13. The van der Waals surface area contributed by atoms with Crippen molar-refractivity contribution >= 4 is 0 Å². The molecule has 0 fully saturated rings. The zero-order chi connectivity index (χ0) is 8.53. The average Bonchev–Trinajstić information content (AvgIpc) is 2.04. The molecule has 0 unspecified atom stereocenters. The van der Waals surface area contributed by atoms with Crippen molar-refractivity contribution in [2.24, 2.45) is 5.73 Å². The van der Waals surface area contributed by atoms with E-state index in [1.807, 2.05) is 0 Å². The Morgan fingerprint density at radius 2 is 1.91 bits per heavy atom. The van der Waals surface area contributed by atoms with Gasteiger partial charge in [0.1, 0.15) is 0 Å². The van der Waals surface area contributed by atoms with Crippen LogP contribution in [0, 0.1) is 0 Å². The van der Waals surface area contributed by atoms with Crippen LogP contribution in [0.5, 0.6) is 0 Å². The van der Waals surface area contributed by atoms with Crippen LogP contribution in [0.4, 0.5) is 0 Å². The number of unbranched alkanes of at least 4 members (excludes halogenated alkanes) is 3. The van der Waals surface area contributed by atoms with Crippen molar-refractivity contribution in [1.29, 1.82) is 0 Å². The standard InChI is InChI=1S/C9H19NO/c1-2-9(10)7-5-3-4-6-8-11/h2,9,11H,1,3-8,10H2/t9-/m1/s1. The molecule has 0 bridgehead atoms. The van der Waals surface area contributed by atoms with Gasteiger partial charge in [0.2, 0.25) is 0 Å². The van der Waals surface area contributed by atoms with E-state index in [2.05, 4.69) is 6.58 Å². The molecule has 0 aliphatic rings. The lowest BCUT2D eigenvalue weighted by Crippen LogP contribution is -2.15. The van der Waals surface area contributed by atoms with Gasteiger partial charge in [0.05, 0.1) is 0 Å². The highest BCUT2D eigenvalue weighted by Gasteiger charge is 1.95. The summed E-state index contributed by atoms with van der Waals surface area (Å²) in [6.07, 6.45) is 7.15. The summed E-state index contributed by atoms with van der Waals surface area (Å²) < 4.78 is 0. The molecule has 0 aromatic rings. The van der Waals surface area contributed by atoms with Crippen molar-refractivity contribution in [3.05, 3.63) is 12.7 Å². The maximum atomic E-state index is 8.48. The summed E-state index contributed by atoms with van der Waals surface area (Å²) >= 11 is 0. The lowest BCUT2D eigenvalue weighted by molar-refractivity contribution is 0.282. The molecule has 2 nitrogen and oxygen atoms in total. The maximum absolute atomic E-state index is 8.48.